The van der Waals surface area contributed by atoms with Gasteiger partial charge in [0.05, 0.1) is 18.6 Å². The van der Waals surface area contributed by atoms with Crippen molar-refractivity contribution in [2.75, 3.05) is 13.6 Å². The van der Waals surface area contributed by atoms with Gasteiger partial charge in [-0.3, -0.25) is 29.0 Å². The zero-order chi connectivity index (χ0) is 32.1. The second-order valence-corrected chi connectivity index (χ2v) is 11.8. The largest absolute Gasteiger partial charge is 0.359 e. The number of rotatable bonds is 16. The lowest BCUT2D eigenvalue weighted by molar-refractivity contribution is -0.127. The molecule has 6 N–H and O–H groups in total. The molecule has 4 unspecified atom stereocenters. The number of Topliss-reactive ketones (excluding diaryl/α,β-unsaturated/α-hetero) is 1. The van der Waals surface area contributed by atoms with E-state index in [0.29, 0.717) is 31.2 Å². The Kier molecular flexibility index (Phi) is 14.5. The molecule has 1 aliphatic carbocycles. The first-order valence-corrected chi connectivity index (χ1v) is 15.4. The van der Waals surface area contributed by atoms with Crippen LogP contribution in [0.25, 0.3) is 0 Å². The summed E-state index contributed by atoms with van der Waals surface area (Å²) in [6, 6.07) is 6.70. The lowest BCUT2D eigenvalue weighted by atomic mass is 9.85. The first-order valence-electron chi connectivity index (χ1n) is 15.4. The molecule has 1 aromatic rings. The normalized spacial score (nSPS) is 20.6. The fourth-order valence-corrected chi connectivity index (χ4v) is 5.62. The molecule has 1 fully saturated rings. The standard InChI is InChI=1S/C32H50N6O5/c1-7-12-26(37-31(42)25-16-22(33)15-24(25)19(3)4)30(36-23(8-2)17-27(40)34-6)32(43)35-18-28(41)38-29(20(5)39)21-13-10-9-11-14-21/h9-11,13-14,19,22-26,29H,7-8,12,15-18,33H2,1-6H3,(H,34,40)(H,35,43)(H,37,42)(H,38,41)/t22-,23?,24?,25?,26?,29+/m0/s1. The molecule has 0 spiro atoms. The Hall–Kier alpha value is -3.60. The molecule has 0 heterocycles. The van der Waals surface area contributed by atoms with E-state index in [-0.39, 0.29) is 53.5 Å². The maximum atomic E-state index is 13.6. The van der Waals surface area contributed by atoms with Crippen molar-refractivity contribution in [3.63, 3.8) is 0 Å². The molecule has 0 saturated heterocycles. The zero-order valence-electron chi connectivity index (χ0n) is 26.4. The number of carbonyl (C=O) groups is 5. The number of amides is 4. The van der Waals surface area contributed by atoms with Crippen molar-refractivity contribution >= 4 is 35.1 Å². The molecule has 1 saturated carbocycles. The van der Waals surface area contributed by atoms with Crippen LogP contribution < -0.4 is 27.0 Å². The van der Waals surface area contributed by atoms with Gasteiger partial charge in [0, 0.05) is 25.4 Å². The van der Waals surface area contributed by atoms with Crippen molar-refractivity contribution in [1.29, 1.82) is 0 Å². The van der Waals surface area contributed by atoms with E-state index in [9.17, 15) is 24.0 Å². The van der Waals surface area contributed by atoms with Crippen LogP contribution in [0, 0.1) is 17.8 Å². The summed E-state index contributed by atoms with van der Waals surface area (Å²) in [5.74, 6) is -1.68. The number of hydrogen-bond acceptors (Lipinski definition) is 7. The van der Waals surface area contributed by atoms with E-state index >= 15 is 0 Å². The molecular formula is C32H50N6O5. The second-order valence-electron chi connectivity index (χ2n) is 11.8. The van der Waals surface area contributed by atoms with Gasteiger partial charge in [-0.15, -0.1) is 0 Å². The number of carbonyl (C=O) groups excluding carboxylic acids is 5. The molecule has 4 amide bonds. The van der Waals surface area contributed by atoms with Gasteiger partial charge in [-0.05, 0) is 50.0 Å². The predicted molar refractivity (Wildman–Crippen MR) is 167 cm³/mol. The van der Waals surface area contributed by atoms with Gasteiger partial charge in [0.15, 0.2) is 5.78 Å². The van der Waals surface area contributed by atoms with Crippen LogP contribution in [0.15, 0.2) is 35.3 Å². The highest BCUT2D eigenvalue weighted by molar-refractivity contribution is 6.41. The van der Waals surface area contributed by atoms with Crippen LogP contribution >= 0.6 is 0 Å². The van der Waals surface area contributed by atoms with E-state index in [0.717, 1.165) is 6.42 Å². The maximum absolute atomic E-state index is 13.6. The molecule has 11 nitrogen and oxygen atoms in total. The van der Waals surface area contributed by atoms with Crippen molar-refractivity contribution in [2.45, 2.75) is 97.3 Å². The van der Waals surface area contributed by atoms with Gasteiger partial charge in [0.1, 0.15) is 11.8 Å². The van der Waals surface area contributed by atoms with Gasteiger partial charge in [-0.2, -0.15) is 0 Å². The van der Waals surface area contributed by atoms with Crippen LogP contribution in [0.3, 0.4) is 0 Å². The molecule has 11 heteroatoms. The Labute approximate surface area is 255 Å². The number of nitrogens with zero attached hydrogens (tertiary/aromatic N) is 1. The number of benzene rings is 1. The zero-order valence-corrected chi connectivity index (χ0v) is 26.4. The van der Waals surface area contributed by atoms with E-state index in [1.807, 2.05) is 19.9 Å². The minimum absolute atomic E-state index is 0.0607. The van der Waals surface area contributed by atoms with Crippen LogP contribution in [-0.2, 0) is 24.0 Å². The molecule has 238 valence electrons. The average molecular weight is 599 g/mol. The quantitative estimate of drug-likeness (QED) is 0.183. The minimum atomic E-state index is -0.852. The molecule has 0 radical (unpaired) electrons. The van der Waals surface area contributed by atoms with Crippen LogP contribution in [0.1, 0.15) is 84.7 Å². The number of nitrogens with two attached hydrogens (primary N) is 1. The van der Waals surface area contributed by atoms with Gasteiger partial charge in [-0.25, -0.2) is 0 Å². The Balaban J connectivity index is 2.29. The summed E-state index contributed by atoms with van der Waals surface area (Å²) >= 11 is 0. The van der Waals surface area contributed by atoms with Gasteiger partial charge in [-0.1, -0.05) is 64.4 Å². The van der Waals surface area contributed by atoms with Crippen molar-refractivity contribution < 1.29 is 24.0 Å². The summed E-state index contributed by atoms with van der Waals surface area (Å²) in [4.78, 5) is 69.1. The highest BCUT2D eigenvalue weighted by Crippen LogP contribution is 2.36. The lowest BCUT2D eigenvalue weighted by Crippen LogP contribution is -2.51. The molecule has 2 rings (SSSR count). The average Bonchev–Trinajstić information content (AvgIpc) is 3.38. The van der Waals surface area contributed by atoms with Crippen molar-refractivity contribution in [3.8, 4) is 0 Å². The fraction of sp³-hybridized carbons (Fsp3) is 0.625. The Bertz CT molecular complexity index is 1140. The van der Waals surface area contributed by atoms with E-state index < -0.39 is 36.5 Å². The van der Waals surface area contributed by atoms with Crippen LogP contribution in [-0.4, -0.2) is 66.8 Å². The smallest absolute Gasteiger partial charge is 0.267 e. The van der Waals surface area contributed by atoms with Gasteiger partial charge in [0.25, 0.3) is 5.91 Å². The topological polar surface area (TPSA) is 172 Å². The number of nitrogens with one attached hydrogen (secondary N) is 4. The Morgan fingerprint density at radius 3 is 2.23 bits per heavy atom. The second kappa shape index (κ2) is 17.5. The molecule has 6 atom stereocenters. The minimum Gasteiger partial charge on any atom is -0.359 e. The maximum Gasteiger partial charge on any atom is 0.267 e. The Morgan fingerprint density at radius 2 is 1.67 bits per heavy atom. The van der Waals surface area contributed by atoms with Crippen molar-refractivity contribution in [1.82, 2.24) is 21.3 Å². The molecule has 43 heavy (non-hydrogen) atoms. The highest BCUT2D eigenvalue weighted by atomic mass is 16.2. The summed E-state index contributed by atoms with van der Waals surface area (Å²) in [6.45, 7) is 8.95. The van der Waals surface area contributed by atoms with E-state index in [2.05, 4.69) is 40.1 Å². The van der Waals surface area contributed by atoms with Crippen LogP contribution in [0.4, 0.5) is 0 Å². The van der Waals surface area contributed by atoms with E-state index in [1.165, 1.54) is 14.0 Å². The predicted octanol–water partition coefficient (Wildman–Crippen LogP) is 2.20. The van der Waals surface area contributed by atoms with Crippen LogP contribution in [0.5, 0.6) is 0 Å². The molecule has 0 aromatic heterocycles. The third kappa shape index (κ3) is 10.9. The summed E-state index contributed by atoms with van der Waals surface area (Å²) < 4.78 is 0. The van der Waals surface area contributed by atoms with Crippen LogP contribution in [0.2, 0.25) is 0 Å². The van der Waals surface area contributed by atoms with Gasteiger partial charge >= 0.3 is 0 Å². The summed E-state index contributed by atoms with van der Waals surface area (Å²) in [5, 5.41) is 11.0. The summed E-state index contributed by atoms with van der Waals surface area (Å²) in [6.07, 6.45) is 2.98. The fourth-order valence-electron chi connectivity index (χ4n) is 5.62. The summed E-state index contributed by atoms with van der Waals surface area (Å²) in [7, 11) is 1.53. The van der Waals surface area contributed by atoms with Crippen molar-refractivity contribution in [2.24, 2.45) is 28.5 Å². The van der Waals surface area contributed by atoms with Gasteiger partial charge in [0.2, 0.25) is 17.7 Å². The SMILES string of the molecule is CCCC(NC(=O)C1C[C@@H](N)CC1C(C)C)C(=NC(CC)CC(=O)NC)C(=O)NCC(=O)N[C@H](C(C)=O)c1ccccc1. The Morgan fingerprint density at radius 1 is 1.00 bits per heavy atom. The first-order chi connectivity index (χ1) is 20.4. The highest BCUT2D eigenvalue weighted by Gasteiger charge is 2.40. The lowest BCUT2D eigenvalue weighted by Gasteiger charge is -2.27. The summed E-state index contributed by atoms with van der Waals surface area (Å²) in [5.41, 5.74) is 6.92. The first kappa shape index (κ1) is 35.6. The number of hydrogen-bond donors (Lipinski definition) is 5. The van der Waals surface area contributed by atoms with E-state index in [1.54, 1.807) is 24.3 Å². The third-order valence-electron chi connectivity index (χ3n) is 8.05. The molecule has 0 bridgehead atoms. The van der Waals surface area contributed by atoms with Gasteiger partial charge < -0.3 is 27.0 Å². The monoisotopic (exact) mass is 598 g/mol. The third-order valence-corrected chi connectivity index (χ3v) is 8.05. The molecular weight excluding hydrogens is 548 g/mol. The molecule has 1 aliphatic rings. The number of ketones is 1. The van der Waals surface area contributed by atoms with E-state index in [4.69, 9.17) is 5.73 Å². The molecule has 0 aliphatic heterocycles. The number of aliphatic imine (C=N–C) groups is 1. The molecule has 1 aromatic carbocycles. The van der Waals surface area contributed by atoms with Crippen molar-refractivity contribution in [3.05, 3.63) is 35.9 Å².